The van der Waals surface area contributed by atoms with Crippen molar-refractivity contribution in [2.75, 3.05) is 54.9 Å². The summed E-state index contributed by atoms with van der Waals surface area (Å²) in [7, 11) is 7.44. The Balaban J connectivity index is 0.000000442. The van der Waals surface area contributed by atoms with E-state index in [2.05, 4.69) is 48.5 Å². The van der Waals surface area contributed by atoms with Crippen molar-refractivity contribution in [3.05, 3.63) is 0 Å². The molecule has 2 fully saturated rings. The van der Waals surface area contributed by atoms with Gasteiger partial charge in [-0.25, -0.2) is 0 Å². The summed E-state index contributed by atoms with van der Waals surface area (Å²) in [6.45, 7) is 20.0. The molecule has 0 heterocycles. The van der Waals surface area contributed by atoms with Gasteiger partial charge in [0.15, 0.2) is 0 Å². The molecule has 0 aromatic heterocycles. The fourth-order valence-electron chi connectivity index (χ4n) is 9.13. The normalized spacial score (nSPS) is 23.5. The first-order valence-electron chi connectivity index (χ1n) is 19.1. The summed E-state index contributed by atoms with van der Waals surface area (Å²) in [5.74, 6) is 4.21. The molecule has 0 bridgehead atoms. The second kappa shape index (κ2) is 22.4. The van der Waals surface area contributed by atoms with Crippen LogP contribution < -0.4 is 0 Å². The monoisotopic (exact) mass is 625 g/mol. The molecule has 44 heavy (non-hydrogen) atoms. The maximum Gasteiger partial charge on any atom is 0.0543 e. The summed E-state index contributed by atoms with van der Waals surface area (Å²) < 4.78 is 22.8. The molecule has 0 aromatic carbocycles. The third-order valence-electron chi connectivity index (χ3n) is 13.1. The largest absolute Gasteiger partial charge is 0.384 e. The van der Waals surface area contributed by atoms with Crippen LogP contribution in [0.1, 0.15) is 158 Å². The van der Waals surface area contributed by atoms with Gasteiger partial charge in [-0.1, -0.05) is 106 Å². The molecular formula is C40H80O4. The summed E-state index contributed by atoms with van der Waals surface area (Å²) in [6, 6.07) is 0. The molecule has 2 saturated carbocycles. The van der Waals surface area contributed by atoms with Gasteiger partial charge in [0.25, 0.3) is 0 Å². The Bertz CT molecular complexity index is 649. The molecule has 4 nitrogen and oxygen atoms in total. The minimum atomic E-state index is 0.217. The highest BCUT2D eigenvalue weighted by atomic mass is 16.5. The number of hydrogen-bond donors (Lipinski definition) is 0. The van der Waals surface area contributed by atoms with E-state index in [9.17, 15) is 0 Å². The molecule has 2 aliphatic rings. The van der Waals surface area contributed by atoms with Crippen molar-refractivity contribution in [3.8, 4) is 0 Å². The van der Waals surface area contributed by atoms with E-state index >= 15 is 0 Å². The van der Waals surface area contributed by atoms with Crippen molar-refractivity contribution >= 4 is 0 Å². The van der Waals surface area contributed by atoms with Gasteiger partial charge in [0.1, 0.15) is 0 Å². The summed E-state index contributed by atoms with van der Waals surface area (Å²) in [6.07, 6.45) is 22.6. The van der Waals surface area contributed by atoms with Crippen LogP contribution in [-0.2, 0) is 18.9 Å². The second-order valence-corrected chi connectivity index (χ2v) is 15.7. The number of rotatable bonds is 21. The highest BCUT2D eigenvalue weighted by Crippen LogP contribution is 2.48. The molecule has 0 radical (unpaired) electrons. The third-order valence-corrected chi connectivity index (χ3v) is 13.1. The van der Waals surface area contributed by atoms with Crippen molar-refractivity contribution in [2.45, 2.75) is 158 Å². The molecule has 0 N–H and O–H groups in total. The smallest absolute Gasteiger partial charge is 0.0543 e. The molecule has 0 aliphatic heterocycles. The van der Waals surface area contributed by atoms with E-state index in [4.69, 9.17) is 18.9 Å². The van der Waals surface area contributed by atoms with Crippen LogP contribution in [-0.4, -0.2) is 54.9 Å². The molecule has 4 heteroatoms. The topological polar surface area (TPSA) is 36.9 Å². The lowest BCUT2D eigenvalue weighted by Gasteiger charge is -2.45. The molecule has 2 aliphatic carbocycles. The van der Waals surface area contributed by atoms with Gasteiger partial charge >= 0.3 is 0 Å². The Labute approximate surface area is 276 Å². The lowest BCUT2D eigenvalue weighted by atomic mass is 9.63. The summed E-state index contributed by atoms with van der Waals surface area (Å²) in [5, 5.41) is 0. The van der Waals surface area contributed by atoms with Gasteiger partial charge in [0.2, 0.25) is 0 Å². The van der Waals surface area contributed by atoms with Gasteiger partial charge in [-0.3, -0.25) is 0 Å². The number of hydrogen-bond acceptors (Lipinski definition) is 4. The van der Waals surface area contributed by atoms with Gasteiger partial charge in [-0.2, -0.15) is 0 Å². The van der Waals surface area contributed by atoms with Crippen molar-refractivity contribution in [1.82, 2.24) is 0 Å². The summed E-state index contributed by atoms with van der Waals surface area (Å²) >= 11 is 0. The van der Waals surface area contributed by atoms with Crippen LogP contribution >= 0.6 is 0 Å². The Kier molecular flexibility index (Phi) is 21.3. The maximum atomic E-state index is 5.73. The van der Waals surface area contributed by atoms with Crippen LogP contribution in [0.25, 0.3) is 0 Å². The minimum absolute atomic E-state index is 0.217. The van der Waals surface area contributed by atoms with Gasteiger partial charge < -0.3 is 18.9 Å². The average Bonchev–Trinajstić information content (AvgIpc) is 3.03. The fourth-order valence-corrected chi connectivity index (χ4v) is 9.13. The van der Waals surface area contributed by atoms with E-state index in [1.807, 2.05) is 28.4 Å². The lowest BCUT2D eigenvalue weighted by Crippen LogP contribution is -2.42. The van der Waals surface area contributed by atoms with E-state index < -0.39 is 0 Å². The zero-order valence-corrected chi connectivity index (χ0v) is 31.9. The average molecular weight is 625 g/mol. The second-order valence-electron chi connectivity index (χ2n) is 15.7. The highest BCUT2D eigenvalue weighted by Gasteiger charge is 2.42. The first kappa shape index (κ1) is 41.9. The van der Waals surface area contributed by atoms with Crippen LogP contribution in [0.4, 0.5) is 0 Å². The Morgan fingerprint density at radius 1 is 0.500 bits per heavy atom. The molecule has 264 valence electrons. The first-order valence-corrected chi connectivity index (χ1v) is 19.1. The van der Waals surface area contributed by atoms with Crippen molar-refractivity contribution in [1.29, 1.82) is 0 Å². The molecule has 0 aromatic rings. The molecular weight excluding hydrogens is 544 g/mol. The minimum Gasteiger partial charge on any atom is -0.384 e. The zero-order valence-electron chi connectivity index (χ0n) is 31.9. The van der Waals surface area contributed by atoms with Gasteiger partial charge in [-0.05, 0) is 86.4 Å². The van der Waals surface area contributed by atoms with Crippen LogP contribution in [0, 0.1) is 45.8 Å². The van der Waals surface area contributed by atoms with Crippen LogP contribution in [0.15, 0.2) is 0 Å². The predicted molar refractivity (Wildman–Crippen MR) is 190 cm³/mol. The van der Waals surface area contributed by atoms with Crippen LogP contribution in [0.2, 0.25) is 0 Å². The Hall–Kier alpha value is -0.160. The molecule has 0 atom stereocenters. The molecule has 0 saturated heterocycles. The van der Waals surface area contributed by atoms with Gasteiger partial charge in [-0.15, -0.1) is 0 Å². The van der Waals surface area contributed by atoms with Crippen LogP contribution in [0.5, 0.6) is 0 Å². The third kappa shape index (κ3) is 12.8. The Morgan fingerprint density at radius 3 is 1.14 bits per heavy atom. The predicted octanol–water partition coefficient (Wildman–Crippen LogP) is 11.4. The maximum absolute atomic E-state index is 5.73. The quantitative estimate of drug-likeness (QED) is 0.127. The lowest BCUT2D eigenvalue weighted by molar-refractivity contribution is -0.0574. The standard InChI is InChI=1S/C21H42O2.C19H38O2/c1-7-20(8-2,9-3)14-15-21(16-22-5,17-23-6)19-12-10-18(4)11-13-19;1-6-17(7-2)12-13-19(14-20-4,15-21-5)18-10-8-16(3)9-11-18/h18-19H,7-17H2,1-6H3;16-18H,6-15H2,1-5H3. The Morgan fingerprint density at radius 2 is 0.841 bits per heavy atom. The zero-order chi connectivity index (χ0) is 33.1. The van der Waals surface area contributed by atoms with Gasteiger partial charge in [0, 0.05) is 39.3 Å². The molecule has 0 unspecified atom stereocenters. The summed E-state index contributed by atoms with van der Waals surface area (Å²) in [4.78, 5) is 0. The van der Waals surface area contributed by atoms with Gasteiger partial charge in [0.05, 0.1) is 26.4 Å². The van der Waals surface area contributed by atoms with E-state index in [1.165, 1.54) is 109 Å². The molecule has 0 spiro atoms. The van der Waals surface area contributed by atoms with E-state index in [0.717, 1.165) is 56.0 Å². The van der Waals surface area contributed by atoms with Crippen molar-refractivity contribution < 1.29 is 18.9 Å². The number of ether oxygens (including phenoxy) is 4. The van der Waals surface area contributed by atoms with E-state index in [1.54, 1.807) is 0 Å². The van der Waals surface area contributed by atoms with Crippen LogP contribution in [0.3, 0.4) is 0 Å². The summed E-state index contributed by atoms with van der Waals surface area (Å²) in [5.41, 5.74) is 0.968. The van der Waals surface area contributed by atoms with E-state index in [0.29, 0.717) is 5.41 Å². The first-order chi connectivity index (χ1) is 21.1. The SMILES string of the molecule is CCC(CC)(CC)CCC(COC)(COC)C1CCC(C)CC1.CCC(CC)CCC(COC)(COC)C1CCC(C)CC1. The van der Waals surface area contributed by atoms with Crippen molar-refractivity contribution in [3.63, 3.8) is 0 Å². The fraction of sp³-hybridized carbons (Fsp3) is 1.00. The van der Waals surface area contributed by atoms with Crippen molar-refractivity contribution in [2.24, 2.45) is 45.8 Å². The molecule has 2 rings (SSSR count). The molecule has 0 amide bonds. The number of methoxy groups -OCH3 is 4. The van der Waals surface area contributed by atoms with E-state index in [-0.39, 0.29) is 10.8 Å². The highest BCUT2D eigenvalue weighted by molar-refractivity contribution is 4.92.